The third kappa shape index (κ3) is 4.49. The molecule has 0 aliphatic heterocycles. The van der Waals surface area contributed by atoms with E-state index in [1.165, 1.54) is 7.11 Å². The monoisotopic (exact) mass is 411 g/mol. The summed E-state index contributed by atoms with van der Waals surface area (Å²) in [6.07, 6.45) is -0.784. The number of anilines is 1. The average Bonchev–Trinajstić information content (AvgIpc) is 2.57. The first kappa shape index (κ1) is 18.3. The second-order valence-electron chi connectivity index (χ2n) is 4.86. The molecule has 5 nitrogen and oxygen atoms in total. The molecule has 2 rings (SSSR count). The lowest BCUT2D eigenvalue weighted by Gasteiger charge is -2.17. The summed E-state index contributed by atoms with van der Waals surface area (Å²) in [5.41, 5.74) is 0.633. The van der Waals surface area contributed by atoms with Crippen molar-refractivity contribution >= 4 is 45.1 Å². The summed E-state index contributed by atoms with van der Waals surface area (Å²) in [4.78, 5) is 24.1. The summed E-state index contributed by atoms with van der Waals surface area (Å²) in [5.74, 6) is -0.434. The number of halogens is 2. The van der Waals surface area contributed by atoms with Gasteiger partial charge in [0.25, 0.3) is 5.91 Å². The highest BCUT2D eigenvalue weighted by atomic mass is 79.9. The number of hydrogen-bond donors (Lipinski definition) is 1. The molecule has 0 radical (unpaired) electrons. The van der Waals surface area contributed by atoms with Crippen LogP contribution in [0.5, 0.6) is 5.75 Å². The molecule has 1 N–H and O–H groups in total. The Morgan fingerprint density at radius 1 is 1.21 bits per heavy atom. The molecule has 0 aliphatic carbocycles. The Labute approximate surface area is 153 Å². The molecule has 1 unspecified atom stereocenters. The topological polar surface area (TPSA) is 64.6 Å². The molecule has 2 aromatic rings. The molecule has 1 amide bonds. The van der Waals surface area contributed by atoms with Gasteiger partial charge in [-0.25, -0.2) is 4.79 Å². The largest absolute Gasteiger partial charge is 0.480 e. The number of carbonyl (C=O) groups is 2. The van der Waals surface area contributed by atoms with Crippen LogP contribution in [0.4, 0.5) is 5.69 Å². The third-order valence-electron chi connectivity index (χ3n) is 3.16. The molecule has 0 aromatic heterocycles. The van der Waals surface area contributed by atoms with Gasteiger partial charge in [0.2, 0.25) is 0 Å². The first-order valence-corrected chi connectivity index (χ1v) is 8.19. The van der Waals surface area contributed by atoms with E-state index in [0.29, 0.717) is 20.9 Å². The maximum atomic E-state index is 12.3. The Hall–Kier alpha value is -2.05. The summed E-state index contributed by atoms with van der Waals surface area (Å²) in [6.45, 7) is 1.61. The zero-order valence-corrected chi connectivity index (χ0v) is 15.3. The lowest BCUT2D eigenvalue weighted by molar-refractivity contribution is -0.122. The highest BCUT2D eigenvalue weighted by Crippen LogP contribution is 2.29. The predicted octanol–water partition coefficient (Wildman–Crippen LogP) is 4.30. The van der Waals surface area contributed by atoms with Crippen LogP contribution in [0.2, 0.25) is 5.02 Å². The number of carbonyl (C=O) groups excluding carboxylic acids is 2. The smallest absolute Gasteiger partial charge is 0.339 e. The third-order valence-corrected chi connectivity index (χ3v) is 4.01. The predicted molar refractivity (Wildman–Crippen MR) is 95.7 cm³/mol. The fourth-order valence-corrected chi connectivity index (χ4v) is 2.71. The van der Waals surface area contributed by atoms with Crippen molar-refractivity contribution in [3.05, 3.63) is 57.5 Å². The van der Waals surface area contributed by atoms with Crippen LogP contribution in [0.25, 0.3) is 0 Å². The lowest BCUT2D eigenvalue weighted by atomic mass is 10.1. The maximum Gasteiger partial charge on any atom is 0.339 e. The number of esters is 1. The number of rotatable bonds is 5. The van der Waals surface area contributed by atoms with Crippen molar-refractivity contribution < 1.29 is 19.1 Å². The summed E-state index contributed by atoms with van der Waals surface area (Å²) in [7, 11) is 1.28. The fraction of sp³-hybridized carbons (Fsp3) is 0.176. The quantitative estimate of drug-likeness (QED) is 0.744. The highest BCUT2D eigenvalue weighted by molar-refractivity contribution is 9.10. The number of nitrogens with one attached hydrogen (secondary N) is 1. The molecule has 1 atom stereocenters. The van der Waals surface area contributed by atoms with Gasteiger partial charge < -0.3 is 14.8 Å². The zero-order chi connectivity index (χ0) is 17.7. The zero-order valence-electron chi connectivity index (χ0n) is 13.0. The van der Waals surface area contributed by atoms with Crippen LogP contribution in [-0.4, -0.2) is 25.1 Å². The van der Waals surface area contributed by atoms with Crippen molar-refractivity contribution in [2.75, 3.05) is 12.4 Å². The van der Waals surface area contributed by atoms with E-state index >= 15 is 0 Å². The fourth-order valence-electron chi connectivity index (χ4n) is 1.93. The number of amides is 1. The molecule has 0 saturated heterocycles. The number of methoxy groups -OCH3 is 1. The van der Waals surface area contributed by atoms with Crippen LogP contribution in [-0.2, 0) is 9.53 Å². The van der Waals surface area contributed by atoms with Gasteiger partial charge in [-0.15, -0.1) is 0 Å². The summed E-state index contributed by atoms with van der Waals surface area (Å²) in [6, 6.07) is 11.6. The Morgan fingerprint density at radius 3 is 2.58 bits per heavy atom. The Bertz CT molecular complexity index is 766. The lowest BCUT2D eigenvalue weighted by Crippen LogP contribution is -2.30. The molecule has 2 aromatic carbocycles. The molecular weight excluding hydrogens is 398 g/mol. The normalized spacial score (nSPS) is 11.5. The van der Waals surface area contributed by atoms with E-state index in [9.17, 15) is 9.59 Å². The van der Waals surface area contributed by atoms with E-state index in [-0.39, 0.29) is 5.56 Å². The van der Waals surface area contributed by atoms with Gasteiger partial charge in [-0.3, -0.25) is 4.79 Å². The van der Waals surface area contributed by atoms with Gasteiger partial charge in [-0.05, 0) is 53.2 Å². The van der Waals surface area contributed by atoms with Crippen LogP contribution >= 0.6 is 27.5 Å². The molecular formula is C17H15BrClNO4. The van der Waals surface area contributed by atoms with Crippen LogP contribution < -0.4 is 10.1 Å². The second-order valence-corrected chi connectivity index (χ2v) is 6.15. The van der Waals surface area contributed by atoms with Crippen molar-refractivity contribution in [3.63, 3.8) is 0 Å². The van der Waals surface area contributed by atoms with Gasteiger partial charge in [-0.2, -0.15) is 0 Å². The molecule has 24 heavy (non-hydrogen) atoms. The molecule has 7 heteroatoms. The Morgan fingerprint density at radius 2 is 1.92 bits per heavy atom. The average molecular weight is 413 g/mol. The number of para-hydroxylation sites is 1. The molecule has 0 spiro atoms. The van der Waals surface area contributed by atoms with E-state index in [1.807, 2.05) is 0 Å². The molecule has 0 fully saturated rings. The molecule has 0 aliphatic rings. The van der Waals surface area contributed by atoms with Gasteiger partial charge >= 0.3 is 5.97 Å². The van der Waals surface area contributed by atoms with Gasteiger partial charge in [0, 0.05) is 5.02 Å². The minimum absolute atomic E-state index is 0.272. The number of benzene rings is 2. The Balaban J connectivity index is 2.11. The first-order valence-electron chi connectivity index (χ1n) is 7.02. The van der Waals surface area contributed by atoms with E-state index in [0.717, 1.165) is 0 Å². The van der Waals surface area contributed by atoms with Gasteiger partial charge in [0.1, 0.15) is 5.75 Å². The van der Waals surface area contributed by atoms with Crippen LogP contribution in [0.3, 0.4) is 0 Å². The SMILES string of the molecule is COC(=O)c1ccccc1NC(=O)C(C)Oc1ccc(Cl)cc1Br. The van der Waals surface area contributed by atoms with E-state index in [2.05, 4.69) is 21.2 Å². The molecule has 126 valence electrons. The molecule has 0 heterocycles. The van der Waals surface area contributed by atoms with Crippen molar-refractivity contribution in [1.29, 1.82) is 0 Å². The highest BCUT2D eigenvalue weighted by Gasteiger charge is 2.19. The number of ether oxygens (including phenoxy) is 2. The van der Waals surface area contributed by atoms with Crippen molar-refractivity contribution in [2.45, 2.75) is 13.0 Å². The maximum absolute atomic E-state index is 12.3. The van der Waals surface area contributed by atoms with Gasteiger partial charge in [-0.1, -0.05) is 23.7 Å². The summed E-state index contributed by atoms with van der Waals surface area (Å²) in [5, 5.41) is 3.22. The van der Waals surface area contributed by atoms with Crippen molar-refractivity contribution in [2.24, 2.45) is 0 Å². The second kappa shape index (κ2) is 8.17. The van der Waals surface area contributed by atoms with E-state index in [1.54, 1.807) is 49.4 Å². The molecule has 0 saturated carbocycles. The Kier molecular flexibility index (Phi) is 6.23. The van der Waals surface area contributed by atoms with Gasteiger partial charge in [0.05, 0.1) is 22.8 Å². The van der Waals surface area contributed by atoms with Crippen molar-refractivity contribution in [1.82, 2.24) is 0 Å². The standard InChI is InChI=1S/C17H15BrClNO4/c1-10(24-15-8-7-11(19)9-13(15)18)16(21)20-14-6-4-3-5-12(14)17(22)23-2/h3-10H,1-2H3,(H,20,21). The number of hydrogen-bond acceptors (Lipinski definition) is 4. The minimum Gasteiger partial charge on any atom is -0.480 e. The summed E-state index contributed by atoms with van der Waals surface area (Å²) < 4.78 is 11.0. The van der Waals surface area contributed by atoms with Crippen LogP contribution in [0.1, 0.15) is 17.3 Å². The first-order chi connectivity index (χ1) is 11.4. The van der Waals surface area contributed by atoms with E-state index in [4.69, 9.17) is 21.1 Å². The van der Waals surface area contributed by atoms with Gasteiger partial charge in [0.15, 0.2) is 6.10 Å². The van der Waals surface area contributed by atoms with Crippen LogP contribution in [0.15, 0.2) is 46.9 Å². The van der Waals surface area contributed by atoms with Crippen molar-refractivity contribution in [3.8, 4) is 5.75 Å². The van der Waals surface area contributed by atoms with E-state index < -0.39 is 18.0 Å². The summed E-state index contributed by atoms with van der Waals surface area (Å²) >= 11 is 9.20. The molecule has 0 bridgehead atoms. The van der Waals surface area contributed by atoms with Crippen LogP contribution in [0, 0.1) is 0 Å². The minimum atomic E-state index is -0.784.